The lowest BCUT2D eigenvalue weighted by Crippen LogP contribution is -2.43. The van der Waals surface area contributed by atoms with E-state index in [1.165, 1.54) is 11.1 Å². The van der Waals surface area contributed by atoms with Crippen LogP contribution in [-0.4, -0.2) is 49.6 Å². The van der Waals surface area contributed by atoms with Gasteiger partial charge in [0.2, 0.25) is 0 Å². The van der Waals surface area contributed by atoms with E-state index in [1.807, 2.05) is 31.2 Å². The second-order valence-electron chi connectivity index (χ2n) is 7.35. The molecule has 1 aliphatic heterocycles. The van der Waals surface area contributed by atoms with E-state index in [-0.39, 0.29) is 36.5 Å². The van der Waals surface area contributed by atoms with Crippen molar-refractivity contribution in [3.63, 3.8) is 0 Å². The molecule has 2 N–H and O–H groups in total. The van der Waals surface area contributed by atoms with Gasteiger partial charge in [0.1, 0.15) is 5.75 Å². The lowest BCUT2D eigenvalue weighted by molar-refractivity contribution is -0.122. The van der Waals surface area contributed by atoms with Gasteiger partial charge in [-0.05, 0) is 49.1 Å². The Morgan fingerprint density at radius 2 is 1.84 bits per heavy atom. The van der Waals surface area contributed by atoms with E-state index in [0.717, 1.165) is 37.6 Å². The summed E-state index contributed by atoms with van der Waals surface area (Å²) >= 11 is 0. The summed E-state index contributed by atoms with van der Waals surface area (Å²) in [6.07, 6.45) is 3.29. The van der Waals surface area contributed by atoms with Crippen LogP contribution in [0.1, 0.15) is 31.4 Å². The minimum Gasteiger partial charge on any atom is -0.484 e. The fourth-order valence-electron chi connectivity index (χ4n) is 3.50. The van der Waals surface area contributed by atoms with Gasteiger partial charge in [-0.25, -0.2) is 4.99 Å². The van der Waals surface area contributed by atoms with Crippen molar-refractivity contribution in [3.05, 3.63) is 71.8 Å². The van der Waals surface area contributed by atoms with Crippen LogP contribution in [0.3, 0.4) is 0 Å². The number of aliphatic imine (C=N–C) groups is 1. The van der Waals surface area contributed by atoms with Crippen LogP contribution in [0.4, 0.5) is 0 Å². The van der Waals surface area contributed by atoms with Crippen LogP contribution < -0.4 is 15.4 Å². The third kappa shape index (κ3) is 7.85. The number of halogens is 1. The largest absolute Gasteiger partial charge is 0.484 e. The maximum absolute atomic E-state index is 11.6. The highest BCUT2D eigenvalue weighted by atomic mass is 127. The predicted octanol–water partition coefficient (Wildman–Crippen LogP) is 4.07. The summed E-state index contributed by atoms with van der Waals surface area (Å²) in [4.78, 5) is 18.7. The summed E-state index contributed by atoms with van der Waals surface area (Å²) in [5, 5.41) is 6.14. The minimum atomic E-state index is -0.117. The predicted molar refractivity (Wildman–Crippen MR) is 141 cm³/mol. The van der Waals surface area contributed by atoms with E-state index >= 15 is 0 Å². The molecule has 7 heteroatoms. The van der Waals surface area contributed by atoms with Gasteiger partial charge < -0.3 is 20.3 Å². The third-order valence-electron chi connectivity index (χ3n) is 5.04. The molecule has 1 amide bonds. The zero-order chi connectivity index (χ0) is 21.9. The molecule has 1 aliphatic rings. The molecule has 0 aliphatic carbocycles. The highest BCUT2D eigenvalue weighted by Crippen LogP contribution is 2.22. The van der Waals surface area contributed by atoms with Crippen LogP contribution in [0.5, 0.6) is 5.75 Å². The van der Waals surface area contributed by atoms with E-state index in [4.69, 9.17) is 9.73 Å². The van der Waals surface area contributed by atoms with Gasteiger partial charge in [-0.1, -0.05) is 48.5 Å². The Morgan fingerprint density at radius 1 is 1.06 bits per heavy atom. The van der Waals surface area contributed by atoms with Gasteiger partial charge in [-0.2, -0.15) is 0 Å². The Balaban J connectivity index is 0.00000363. The number of nitrogens with one attached hydrogen (secondary N) is 2. The number of rotatable bonds is 8. The smallest absolute Gasteiger partial charge is 0.257 e. The maximum Gasteiger partial charge on any atom is 0.257 e. The Morgan fingerprint density at radius 3 is 2.53 bits per heavy atom. The number of benzene rings is 2. The highest BCUT2D eigenvalue weighted by Gasteiger charge is 2.16. The average Bonchev–Trinajstić information content (AvgIpc) is 2.82. The average molecular weight is 548 g/mol. The number of guanidine groups is 1. The zero-order valence-electron chi connectivity index (χ0n) is 18.8. The fourth-order valence-corrected chi connectivity index (χ4v) is 3.50. The van der Waals surface area contributed by atoms with Crippen LogP contribution in [0.15, 0.2) is 65.7 Å². The molecule has 172 valence electrons. The van der Waals surface area contributed by atoms with Crippen molar-refractivity contribution in [2.24, 2.45) is 4.99 Å². The van der Waals surface area contributed by atoms with Crippen LogP contribution in [0.25, 0.3) is 5.57 Å². The van der Waals surface area contributed by atoms with Crippen molar-refractivity contribution in [3.8, 4) is 5.75 Å². The number of hydrogen-bond acceptors (Lipinski definition) is 3. The molecule has 0 radical (unpaired) electrons. The standard InChI is InChI=1S/C25H32N4O2.HI/c1-3-26-24(30)19-31-23-12-8-9-20(17-23)18-28-25(27-4-2)29-15-13-22(14-16-29)21-10-6-5-7-11-21;/h5-13,17H,3-4,14-16,18-19H2,1-2H3,(H,26,30)(H,27,28);1H. The summed E-state index contributed by atoms with van der Waals surface area (Å²) in [5.41, 5.74) is 3.74. The van der Waals surface area contributed by atoms with Gasteiger partial charge in [0.15, 0.2) is 12.6 Å². The number of amides is 1. The molecule has 1 heterocycles. The van der Waals surface area contributed by atoms with Gasteiger partial charge in [0.05, 0.1) is 6.54 Å². The normalized spacial score (nSPS) is 13.6. The first kappa shape index (κ1) is 25.7. The van der Waals surface area contributed by atoms with Crippen LogP contribution in [0.2, 0.25) is 0 Å². The summed E-state index contributed by atoms with van der Waals surface area (Å²) in [6, 6.07) is 18.3. The summed E-state index contributed by atoms with van der Waals surface area (Å²) < 4.78 is 5.59. The van der Waals surface area contributed by atoms with Crippen molar-refractivity contribution < 1.29 is 9.53 Å². The van der Waals surface area contributed by atoms with Crippen LogP contribution >= 0.6 is 24.0 Å². The lowest BCUT2D eigenvalue weighted by atomic mass is 10.00. The molecule has 0 unspecified atom stereocenters. The molecule has 3 rings (SSSR count). The minimum absolute atomic E-state index is 0. The van der Waals surface area contributed by atoms with Crippen molar-refractivity contribution in [2.75, 3.05) is 32.8 Å². The molecule has 2 aromatic carbocycles. The fraction of sp³-hybridized carbons (Fsp3) is 0.360. The van der Waals surface area contributed by atoms with Crippen LogP contribution in [-0.2, 0) is 11.3 Å². The molecule has 0 saturated carbocycles. The van der Waals surface area contributed by atoms with Gasteiger partial charge in [0.25, 0.3) is 5.91 Å². The molecule has 0 aromatic heterocycles. The third-order valence-corrected chi connectivity index (χ3v) is 5.04. The first-order valence-corrected chi connectivity index (χ1v) is 11.0. The van der Waals surface area contributed by atoms with E-state index in [9.17, 15) is 4.79 Å². The number of carbonyl (C=O) groups is 1. The molecule has 0 atom stereocenters. The molecular weight excluding hydrogens is 515 g/mol. The van der Waals surface area contributed by atoms with Crippen LogP contribution in [0, 0.1) is 0 Å². The van der Waals surface area contributed by atoms with Crippen molar-refractivity contribution in [1.82, 2.24) is 15.5 Å². The zero-order valence-corrected chi connectivity index (χ0v) is 21.2. The quantitative estimate of drug-likeness (QED) is 0.297. The van der Waals surface area contributed by atoms with E-state index < -0.39 is 0 Å². The van der Waals surface area contributed by atoms with E-state index in [1.54, 1.807) is 0 Å². The first-order valence-electron chi connectivity index (χ1n) is 11.0. The molecule has 0 spiro atoms. The number of nitrogens with zero attached hydrogens (tertiary/aromatic N) is 2. The molecule has 0 fully saturated rings. The second kappa shape index (κ2) is 13.8. The molecule has 0 bridgehead atoms. The van der Waals surface area contributed by atoms with E-state index in [2.05, 4.69) is 58.9 Å². The van der Waals surface area contributed by atoms with Crippen molar-refractivity contribution in [1.29, 1.82) is 0 Å². The highest BCUT2D eigenvalue weighted by molar-refractivity contribution is 14.0. The maximum atomic E-state index is 11.6. The topological polar surface area (TPSA) is 66.0 Å². The summed E-state index contributed by atoms with van der Waals surface area (Å²) in [5.74, 6) is 1.48. The number of hydrogen-bond donors (Lipinski definition) is 2. The Hall–Kier alpha value is -2.55. The lowest BCUT2D eigenvalue weighted by Gasteiger charge is -2.30. The summed E-state index contributed by atoms with van der Waals surface area (Å²) in [6.45, 7) is 7.73. The van der Waals surface area contributed by atoms with Crippen molar-refractivity contribution >= 4 is 41.4 Å². The second-order valence-corrected chi connectivity index (χ2v) is 7.35. The van der Waals surface area contributed by atoms with E-state index in [0.29, 0.717) is 18.8 Å². The van der Waals surface area contributed by atoms with Gasteiger partial charge in [-0.15, -0.1) is 24.0 Å². The van der Waals surface area contributed by atoms with Gasteiger partial charge in [0, 0.05) is 26.2 Å². The molecule has 2 aromatic rings. The van der Waals surface area contributed by atoms with Gasteiger partial charge in [-0.3, -0.25) is 4.79 Å². The Bertz CT molecular complexity index is 915. The number of ether oxygens (including phenoxy) is 1. The Labute approximate surface area is 208 Å². The molecular formula is C25H33IN4O2. The summed E-state index contributed by atoms with van der Waals surface area (Å²) in [7, 11) is 0. The molecule has 32 heavy (non-hydrogen) atoms. The molecule has 0 saturated heterocycles. The van der Waals surface area contributed by atoms with Gasteiger partial charge >= 0.3 is 0 Å². The van der Waals surface area contributed by atoms with Crippen molar-refractivity contribution in [2.45, 2.75) is 26.8 Å². The number of likely N-dealkylation sites (N-methyl/N-ethyl adjacent to an activating group) is 1. The SMILES string of the molecule is CCNC(=O)COc1cccc(CN=C(NCC)N2CC=C(c3ccccc3)CC2)c1.I. The monoisotopic (exact) mass is 548 g/mol. The molecule has 6 nitrogen and oxygen atoms in total. The Kier molecular flexibility index (Phi) is 11.1. The first-order chi connectivity index (χ1) is 15.2. The number of carbonyl (C=O) groups excluding carboxylic acids is 1.